The average molecular weight is 296 g/mol. The lowest BCUT2D eigenvalue weighted by atomic mass is 9.77. The first-order chi connectivity index (χ1) is 9.51. The Hall–Kier alpha value is -0.570. The second-order valence-corrected chi connectivity index (χ2v) is 6.87. The number of nitrogens with one attached hydrogen (secondary N) is 1. The zero-order valence-corrected chi connectivity index (χ0v) is 13.6. The lowest BCUT2D eigenvalue weighted by Gasteiger charge is -2.38. The Labute approximate surface area is 127 Å². The van der Waals surface area contributed by atoms with E-state index in [0.29, 0.717) is 6.04 Å². The Morgan fingerprint density at radius 2 is 2.20 bits per heavy atom. The molecule has 1 fully saturated rings. The van der Waals surface area contributed by atoms with Crippen molar-refractivity contribution in [3.05, 3.63) is 34.3 Å². The van der Waals surface area contributed by atoms with Crippen molar-refractivity contribution < 1.29 is 4.74 Å². The van der Waals surface area contributed by atoms with Gasteiger partial charge in [0.2, 0.25) is 0 Å². The van der Waals surface area contributed by atoms with Gasteiger partial charge in [-0.15, -0.1) is 0 Å². The van der Waals surface area contributed by atoms with Crippen LogP contribution >= 0.6 is 11.6 Å². The second-order valence-electron chi connectivity index (χ2n) is 6.46. The molecular weight excluding hydrogens is 270 g/mol. The van der Waals surface area contributed by atoms with E-state index in [1.54, 1.807) is 0 Å². The first kappa shape index (κ1) is 15.8. The molecular formula is C17H26ClNO. The molecule has 2 rings (SSSR count). The zero-order chi connectivity index (χ0) is 14.6. The lowest BCUT2D eigenvalue weighted by molar-refractivity contribution is -0.00801. The van der Waals surface area contributed by atoms with Gasteiger partial charge in [-0.1, -0.05) is 37.6 Å². The van der Waals surface area contributed by atoms with Crippen LogP contribution in [0.4, 0.5) is 0 Å². The average Bonchev–Trinajstić information content (AvgIpc) is 2.41. The SMILES string of the molecule is Cc1ccc(CC2(CNC(C)C)CCCOC2)c(Cl)c1. The summed E-state index contributed by atoms with van der Waals surface area (Å²) in [6.07, 6.45) is 3.34. The standard InChI is InChI=1S/C17H26ClNO/c1-13(2)19-11-17(7-4-8-20-12-17)10-15-6-5-14(3)9-16(15)18/h5-6,9,13,19H,4,7-8,10-12H2,1-3H3. The molecule has 3 heteroatoms. The molecule has 0 amide bonds. The van der Waals surface area contributed by atoms with Crippen molar-refractivity contribution in [1.82, 2.24) is 5.32 Å². The Kier molecular flexibility index (Phi) is 5.48. The van der Waals surface area contributed by atoms with E-state index in [4.69, 9.17) is 16.3 Å². The summed E-state index contributed by atoms with van der Waals surface area (Å²) in [4.78, 5) is 0. The molecule has 1 heterocycles. The van der Waals surface area contributed by atoms with Crippen molar-refractivity contribution in [3.63, 3.8) is 0 Å². The zero-order valence-electron chi connectivity index (χ0n) is 12.8. The second kappa shape index (κ2) is 6.93. The largest absolute Gasteiger partial charge is 0.381 e. The Balaban J connectivity index is 2.14. The van der Waals surface area contributed by atoms with Gasteiger partial charge in [-0.3, -0.25) is 0 Å². The summed E-state index contributed by atoms with van der Waals surface area (Å²) in [5.74, 6) is 0. The summed E-state index contributed by atoms with van der Waals surface area (Å²) in [5, 5.41) is 4.47. The number of rotatable bonds is 5. The molecule has 0 radical (unpaired) electrons. The molecule has 1 aliphatic rings. The number of aryl methyl sites for hydroxylation is 1. The van der Waals surface area contributed by atoms with Gasteiger partial charge in [0.25, 0.3) is 0 Å². The molecule has 20 heavy (non-hydrogen) atoms. The van der Waals surface area contributed by atoms with Gasteiger partial charge in [0.15, 0.2) is 0 Å². The van der Waals surface area contributed by atoms with Gasteiger partial charge in [0.1, 0.15) is 0 Å². The van der Waals surface area contributed by atoms with Crippen LogP contribution in [-0.2, 0) is 11.2 Å². The first-order valence-corrected chi connectivity index (χ1v) is 7.95. The molecule has 1 unspecified atom stereocenters. The van der Waals surface area contributed by atoms with E-state index in [0.717, 1.165) is 37.6 Å². The number of ether oxygens (including phenoxy) is 1. The number of halogens is 1. The highest BCUT2D eigenvalue weighted by atomic mass is 35.5. The summed E-state index contributed by atoms with van der Waals surface area (Å²) in [6, 6.07) is 6.88. The summed E-state index contributed by atoms with van der Waals surface area (Å²) < 4.78 is 5.77. The van der Waals surface area contributed by atoms with Crippen molar-refractivity contribution in [2.24, 2.45) is 5.41 Å². The minimum atomic E-state index is 0.182. The summed E-state index contributed by atoms with van der Waals surface area (Å²) >= 11 is 6.41. The van der Waals surface area contributed by atoms with Crippen molar-refractivity contribution in [2.75, 3.05) is 19.8 Å². The van der Waals surface area contributed by atoms with Crippen LogP contribution in [0.15, 0.2) is 18.2 Å². The maximum absolute atomic E-state index is 6.41. The molecule has 0 aromatic heterocycles. The van der Waals surface area contributed by atoms with Crippen LogP contribution in [0.25, 0.3) is 0 Å². The van der Waals surface area contributed by atoms with Crippen LogP contribution in [0.2, 0.25) is 5.02 Å². The molecule has 1 saturated heterocycles. The normalized spacial score (nSPS) is 23.2. The van der Waals surface area contributed by atoms with Crippen LogP contribution < -0.4 is 5.32 Å². The van der Waals surface area contributed by atoms with Gasteiger partial charge in [-0.2, -0.15) is 0 Å². The summed E-state index contributed by atoms with van der Waals surface area (Å²) in [5.41, 5.74) is 2.64. The van der Waals surface area contributed by atoms with E-state index < -0.39 is 0 Å². The van der Waals surface area contributed by atoms with Gasteiger partial charge in [0, 0.05) is 29.6 Å². The highest BCUT2D eigenvalue weighted by Gasteiger charge is 2.33. The van der Waals surface area contributed by atoms with Crippen molar-refractivity contribution >= 4 is 11.6 Å². The molecule has 0 aliphatic carbocycles. The first-order valence-electron chi connectivity index (χ1n) is 7.57. The molecule has 112 valence electrons. The van der Waals surface area contributed by atoms with Crippen LogP contribution in [0, 0.1) is 12.3 Å². The van der Waals surface area contributed by atoms with Crippen molar-refractivity contribution in [2.45, 2.75) is 46.1 Å². The Morgan fingerprint density at radius 3 is 2.80 bits per heavy atom. The molecule has 0 bridgehead atoms. The van der Waals surface area contributed by atoms with E-state index in [2.05, 4.69) is 44.3 Å². The fraction of sp³-hybridized carbons (Fsp3) is 0.647. The van der Waals surface area contributed by atoms with Crippen molar-refractivity contribution in [3.8, 4) is 0 Å². The van der Waals surface area contributed by atoms with E-state index in [-0.39, 0.29) is 5.41 Å². The molecule has 0 spiro atoms. The van der Waals surface area contributed by atoms with E-state index >= 15 is 0 Å². The number of benzene rings is 1. The topological polar surface area (TPSA) is 21.3 Å². The number of hydrogen-bond acceptors (Lipinski definition) is 2. The van der Waals surface area contributed by atoms with E-state index in [9.17, 15) is 0 Å². The van der Waals surface area contributed by atoms with E-state index in [1.165, 1.54) is 17.5 Å². The van der Waals surface area contributed by atoms with Crippen LogP contribution in [0.5, 0.6) is 0 Å². The third-order valence-corrected chi connectivity index (χ3v) is 4.42. The highest BCUT2D eigenvalue weighted by molar-refractivity contribution is 6.31. The van der Waals surface area contributed by atoms with Gasteiger partial charge in [-0.05, 0) is 43.4 Å². The summed E-state index contributed by atoms with van der Waals surface area (Å²) in [7, 11) is 0. The molecule has 1 atom stereocenters. The monoisotopic (exact) mass is 295 g/mol. The predicted molar refractivity (Wildman–Crippen MR) is 85.5 cm³/mol. The summed E-state index contributed by atoms with van der Waals surface area (Å²) in [6.45, 7) is 9.18. The Morgan fingerprint density at radius 1 is 1.40 bits per heavy atom. The minimum absolute atomic E-state index is 0.182. The third-order valence-electron chi connectivity index (χ3n) is 4.06. The fourth-order valence-electron chi connectivity index (χ4n) is 2.87. The minimum Gasteiger partial charge on any atom is -0.381 e. The number of hydrogen-bond donors (Lipinski definition) is 1. The highest BCUT2D eigenvalue weighted by Crippen LogP contribution is 2.34. The van der Waals surface area contributed by atoms with Gasteiger partial charge >= 0.3 is 0 Å². The van der Waals surface area contributed by atoms with Crippen molar-refractivity contribution in [1.29, 1.82) is 0 Å². The predicted octanol–water partition coefficient (Wildman–Crippen LogP) is 3.99. The van der Waals surface area contributed by atoms with Crippen LogP contribution in [-0.4, -0.2) is 25.8 Å². The van der Waals surface area contributed by atoms with Crippen LogP contribution in [0.1, 0.15) is 37.8 Å². The molecule has 2 nitrogen and oxygen atoms in total. The molecule has 1 aromatic carbocycles. The van der Waals surface area contributed by atoms with Gasteiger partial charge in [-0.25, -0.2) is 0 Å². The molecule has 1 aliphatic heterocycles. The fourth-order valence-corrected chi connectivity index (χ4v) is 3.17. The molecule has 1 N–H and O–H groups in total. The van der Waals surface area contributed by atoms with Crippen LogP contribution in [0.3, 0.4) is 0 Å². The molecule has 1 aromatic rings. The lowest BCUT2D eigenvalue weighted by Crippen LogP contribution is -2.44. The Bertz CT molecular complexity index is 439. The van der Waals surface area contributed by atoms with E-state index in [1.807, 2.05) is 0 Å². The maximum atomic E-state index is 6.41. The van der Waals surface area contributed by atoms with Gasteiger partial charge in [0.05, 0.1) is 6.61 Å². The third kappa shape index (κ3) is 4.21. The quantitative estimate of drug-likeness (QED) is 0.887. The van der Waals surface area contributed by atoms with Gasteiger partial charge < -0.3 is 10.1 Å². The smallest absolute Gasteiger partial charge is 0.0537 e. The maximum Gasteiger partial charge on any atom is 0.0537 e. The molecule has 0 saturated carbocycles.